The largest absolute Gasteiger partial charge is 0.465 e. The summed E-state index contributed by atoms with van der Waals surface area (Å²) in [5.74, 6) is -4.39. The summed E-state index contributed by atoms with van der Waals surface area (Å²) in [5, 5.41) is 10.6. The molecule has 0 aliphatic carbocycles. The Balaban J connectivity index is 1.85. The summed E-state index contributed by atoms with van der Waals surface area (Å²) < 4.78 is 81.8. The monoisotopic (exact) mass is 481 g/mol. The van der Waals surface area contributed by atoms with E-state index in [1.807, 2.05) is 5.32 Å². The van der Waals surface area contributed by atoms with Crippen LogP contribution in [0.3, 0.4) is 0 Å². The van der Waals surface area contributed by atoms with Gasteiger partial charge in [-0.05, 0) is 18.2 Å². The van der Waals surface area contributed by atoms with E-state index in [2.05, 4.69) is 0 Å². The number of carbonyl (C=O) groups is 3. The maximum absolute atomic E-state index is 14.7. The van der Waals surface area contributed by atoms with Gasteiger partial charge in [-0.25, -0.2) is 22.4 Å². The van der Waals surface area contributed by atoms with Gasteiger partial charge >= 0.3 is 18.4 Å². The van der Waals surface area contributed by atoms with Crippen molar-refractivity contribution >= 4 is 39.2 Å². The number of nitrogens with one attached hydrogen (secondary N) is 1. The minimum absolute atomic E-state index is 0.0225. The number of hydrogen-bond acceptors (Lipinski definition) is 7. The zero-order valence-corrected chi connectivity index (χ0v) is 16.7. The summed E-state index contributed by atoms with van der Waals surface area (Å²) in [6, 6.07) is 3.23. The number of sulfone groups is 1. The Hall–Kier alpha value is -3.36. The molecule has 0 saturated carbocycles. The van der Waals surface area contributed by atoms with Gasteiger partial charge in [0.15, 0.2) is 9.84 Å². The van der Waals surface area contributed by atoms with Gasteiger partial charge in [0.25, 0.3) is 5.78 Å². The van der Waals surface area contributed by atoms with Crippen molar-refractivity contribution in [3.05, 3.63) is 35.1 Å². The number of Topliss-reactive ketones (excluding diaryl/α,β-unsaturated/α-hetero) is 1. The highest BCUT2D eigenvalue weighted by atomic mass is 32.2. The van der Waals surface area contributed by atoms with Crippen LogP contribution in [-0.4, -0.2) is 69.2 Å². The van der Waals surface area contributed by atoms with Crippen LogP contribution in [0.4, 0.5) is 38.5 Å². The lowest BCUT2D eigenvalue weighted by Crippen LogP contribution is -2.38. The highest BCUT2D eigenvalue weighted by Gasteiger charge is 2.46. The molecule has 32 heavy (non-hydrogen) atoms. The first-order valence-electron chi connectivity index (χ1n) is 8.87. The number of ether oxygens (including phenoxy) is 1. The fraction of sp³-hybridized carbons (Fsp3) is 0.353. The van der Waals surface area contributed by atoms with Crippen molar-refractivity contribution in [3.8, 4) is 0 Å². The highest BCUT2D eigenvalue weighted by molar-refractivity contribution is 7.96. The molecule has 2 amide bonds. The van der Waals surface area contributed by atoms with Crippen LogP contribution in [0.25, 0.3) is 0 Å². The van der Waals surface area contributed by atoms with E-state index in [4.69, 9.17) is 9.84 Å². The molecular formula is C17H15F4N3O7S. The Morgan fingerprint density at radius 2 is 1.97 bits per heavy atom. The van der Waals surface area contributed by atoms with Gasteiger partial charge in [-0.3, -0.25) is 9.69 Å². The van der Waals surface area contributed by atoms with E-state index in [1.54, 1.807) is 0 Å². The molecule has 1 aromatic rings. The average Bonchev–Trinajstić information content (AvgIpc) is 3.06. The lowest BCUT2D eigenvalue weighted by atomic mass is 10.2. The van der Waals surface area contributed by atoms with Gasteiger partial charge in [-0.1, -0.05) is 0 Å². The van der Waals surface area contributed by atoms with Crippen LogP contribution in [0.5, 0.6) is 0 Å². The van der Waals surface area contributed by atoms with Crippen LogP contribution >= 0.6 is 0 Å². The molecular weight excluding hydrogens is 466 g/mol. The average molecular weight is 481 g/mol. The Labute approximate surface area is 177 Å². The maximum Gasteiger partial charge on any atom is 0.455 e. The number of halogens is 4. The van der Waals surface area contributed by atoms with E-state index in [1.165, 1.54) is 6.07 Å². The number of cyclic esters (lactones) is 1. The maximum atomic E-state index is 14.7. The fourth-order valence-electron chi connectivity index (χ4n) is 3.08. The smallest absolute Gasteiger partial charge is 0.455 e. The molecule has 2 aliphatic heterocycles. The molecule has 1 atom stereocenters. The predicted octanol–water partition coefficient (Wildman–Crippen LogP) is 1.63. The van der Waals surface area contributed by atoms with Gasteiger partial charge in [-0.15, -0.1) is 0 Å². The van der Waals surface area contributed by atoms with E-state index in [9.17, 15) is 40.4 Å². The number of benzene rings is 1. The number of carboxylic acid groups (broad SMARTS) is 1. The van der Waals surface area contributed by atoms with E-state index >= 15 is 0 Å². The van der Waals surface area contributed by atoms with Crippen molar-refractivity contribution in [2.45, 2.75) is 12.3 Å². The quantitative estimate of drug-likeness (QED) is 0.607. The van der Waals surface area contributed by atoms with Gasteiger partial charge in [0, 0.05) is 12.7 Å². The number of ketones is 1. The lowest BCUT2D eigenvalue weighted by Gasteiger charge is -2.27. The molecule has 2 N–H and O–H groups in total. The van der Waals surface area contributed by atoms with Crippen LogP contribution in [0.2, 0.25) is 0 Å². The first-order chi connectivity index (χ1) is 14.8. The number of allylic oxidation sites excluding steroid dienone is 1. The third-order valence-electron chi connectivity index (χ3n) is 4.60. The van der Waals surface area contributed by atoms with Crippen LogP contribution in [0, 0.1) is 5.82 Å². The SMILES string of the molecule is O=C(O)NC[C@H]1CN(c2ccc(N3C=C(C(=O)C(F)(F)F)S(=O)(=O)CC3)c(F)c2)C(=O)O1. The van der Waals surface area contributed by atoms with Crippen molar-refractivity contribution in [1.82, 2.24) is 5.32 Å². The number of hydrogen-bond donors (Lipinski definition) is 2. The fourth-order valence-corrected chi connectivity index (χ4v) is 4.42. The lowest BCUT2D eigenvalue weighted by molar-refractivity contribution is -0.165. The number of nitrogens with zero attached hydrogens (tertiary/aromatic N) is 2. The summed E-state index contributed by atoms with van der Waals surface area (Å²) in [6.45, 7) is -0.687. The molecule has 0 aromatic heterocycles. The Morgan fingerprint density at radius 3 is 2.56 bits per heavy atom. The van der Waals surface area contributed by atoms with Gasteiger partial charge in [0.1, 0.15) is 16.8 Å². The summed E-state index contributed by atoms with van der Waals surface area (Å²) in [4.78, 5) is 34.4. The first kappa shape index (κ1) is 23.3. The van der Waals surface area contributed by atoms with Crippen LogP contribution in [0.1, 0.15) is 0 Å². The number of amides is 2. The van der Waals surface area contributed by atoms with E-state index in [-0.39, 0.29) is 24.5 Å². The van der Waals surface area contributed by atoms with Crippen molar-refractivity contribution < 1.29 is 50.2 Å². The van der Waals surface area contributed by atoms with Crippen LogP contribution in [-0.2, 0) is 19.4 Å². The second-order valence-corrected chi connectivity index (χ2v) is 8.85. The van der Waals surface area contributed by atoms with Crippen molar-refractivity contribution in [2.24, 2.45) is 0 Å². The second-order valence-electron chi connectivity index (χ2n) is 6.77. The van der Waals surface area contributed by atoms with Crippen LogP contribution in [0.15, 0.2) is 29.3 Å². The normalized spacial score (nSPS) is 20.6. The minimum atomic E-state index is -5.42. The molecule has 10 nitrogen and oxygen atoms in total. The van der Waals surface area contributed by atoms with Gasteiger partial charge in [0.2, 0.25) is 0 Å². The number of alkyl halides is 3. The van der Waals surface area contributed by atoms with Gasteiger partial charge < -0.3 is 20.1 Å². The molecule has 2 aliphatic rings. The molecule has 15 heteroatoms. The van der Waals surface area contributed by atoms with Crippen LogP contribution < -0.4 is 15.1 Å². The first-order valence-corrected chi connectivity index (χ1v) is 10.5. The molecule has 2 heterocycles. The van der Waals surface area contributed by atoms with Crippen molar-refractivity contribution in [2.75, 3.05) is 35.2 Å². The molecule has 1 fully saturated rings. The molecule has 3 rings (SSSR count). The predicted molar refractivity (Wildman–Crippen MR) is 100 cm³/mol. The molecule has 0 radical (unpaired) electrons. The van der Waals surface area contributed by atoms with Gasteiger partial charge in [-0.2, -0.15) is 13.2 Å². The Morgan fingerprint density at radius 1 is 1.28 bits per heavy atom. The zero-order chi connectivity index (χ0) is 23.8. The molecule has 0 unspecified atom stereocenters. The third kappa shape index (κ3) is 4.76. The summed E-state index contributed by atoms with van der Waals surface area (Å²) >= 11 is 0. The topological polar surface area (TPSA) is 133 Å². The second kappa shape index (κ2) is 8.29. The molecule has 174 valence electrons. The zero-order valence-electron chi connectivity index (χ0n) is 15.9. The Bertz CT molecular complexity index is 1100. The van der Waals surface area contributed by atoms with Crippen molar-refractivity contribution in [3.63, 3.8) is 0 Å². The summed E-state index contributed by atoms with van der Waals surface area (Å²) in [6.07, 6.45) is -8.00. The standard InChI is InChI=1S/C17H15F4N3O7S/c18-11-5-9(24-7-10(31-16(24)28)6-22-15(26)27)1-2-12(11)23-3-4-32(29,30)13(8-23)14(25)17(19,20)21/h1-2,5,8,10,22H,3-4,6-7H2,(H,26,27)/t10-/m0/s1. The number of carbonyl (C=O) groups excluding carboxylic acids is 2. The summed E-state index contributed by atoms with van der Waals surface area (Å²) in [5.41, 5.74) is -0.290. The number of anilines is 2. The molecule has 0 spiro atoms. The molecule has 1 saturated heterocycles. The van der Waals surface area contributed by atoms with E-state index in [0.29, 0.717) is 6.20 Å². The molecule has 1 aromatic carbocycles. The van der Waals surface area contributed by atoms with Crippen molar-refractivity contribution in [1.29, 1.82) is 0 Å². The van der Waals surface area contributed by atoms with E-state index < -0.39 is 63.1 Å². The third-order valence-corrected chi connectivity index (χ3v) is 6.28. The number of rotatable bonds is 5. The van der Waals surface area contributed by atoms with E-state index in [0.717, 1.165) is 21.9 Å². The Kier molecular flexibility index (Phi) is 6.04. The summed E-state index contributed by atoms with van der Waals surface area (Å²) in [7, 11) is -4.50. The molecule has 0 bridgehead atoms. The highest BCUT2D eigenvalue weighted by Crippen LogP contribution is 2.32. The minimum Gasteiger partial charge on any atom is -0.465 e. The van der Waals surface area contributed by atoms with Gasteiger partial charge in [0.05, 0.1) is 30.2 Å².